The zero-order valence-corrected chi connectivity index (χ0v) is 45.2. The molecular formula is C61H114O6. The number of rotatable bonds is 55. The monoisotopic (exact) mass is 943 g/mol. The lowest BCUT2D eigenvalue weighted by molar-refractivity contribution is -0.167. The third-order valence-corrected chi connectivity index (χ3v) is 13.5. The molecule has 0 saturated heterocycles. The van der Waals surface area contributed by atoms with E-state index in [4.69, 9.17) is 14.2 Å². The number of hydrogen-bond acceptors (Lipinski definition) is 6. The summed E-state index contributed by atoms with van der Waals surface area (Å²) in [5, 5.41) is 0. The number of esters is 3. The lowest BCUT2D eigenvalue weighted by atomic mass is 10.0. The lowest BCUT2D eigenvalue weighted by Gasteiger charge is -2.18. The van der Waals surface area contributed by atoms with E-state index < -0.39 is 6.10 Å². The van der Waals surface area contributed by atoms with Crippen LogP contribution < -0.4 is 0 Å². The van der Waals surface area contributed by atoms with Gasteiger partial charge in [0, 0.05) is 19.3 Å². The molecule has 0 aromatic rings. The molecule has 0 saturated carbocycles. The fourth-order valence-corrected chi connectivity index (χ4v) is 8.95. The normalized spacial score (nSPS) is 12.1. The number of carbonyl (C=O) groups is 3. The van der Waals surface area contributed by atoms with Crippen molar-refractivity contribution < 1.29 is 28.6 Å². The van der Waals surface area contributed by atoms with E-state index in [0.717, 1.165) is 70.6 Å². The van der Waals surface area contributed by atoms with Gasteiger partial charge in [0.25, 0.3) is 0 Å². The lowest BCUT2D eigenvalue weighted by Crippen LogP contribution is -2.30. The third kappa shape index (κ3) is 54.7. The predicted octanol–water partition coefficient (Wildman–Crippen LogP) is 19.9. The Balaban J connectivity index is 4.32. The molecule has 1 unspecified atom stereocenters. The summed E-state index contributed by atoms with van der Waals surface area (Å²) in [5.41, 5.74) is 0. The van der Waals surface area contributed by atoms with E-state index in [9.17, 15) is 14.4 Å². The molecule has 0 aliphatic rings. The molecule has 1 atom stereocenters. The molecule has 0 fully saturated rings. The molecule has 0 aliphatic carbocycles. The van der Waals surface area contributed by atoms with Gasteiger partial charge >= 0.3 is 17.9 Å². The van der Waals surface area contributed by atoms with Gasteiger partial charge in [0.1, 0.15) is 13.2 Å². The van der Waals surface area contributed by atoms with E-state index in [1.165, 1.54) is 218 Å². The number of unbranched alkanes of at least 4 members (excludes halogenated alkanes) is 40. The first-order chi connectivity index (χ1) is 33.0. The van der Waals surface area contributed by atoms with Crippen molar-refractivity contribution >= 4 is 17.9 Å². The van der Waals surface area contributed by atoms with Gasteiger partial charge < -0.3 is 14.2 Å². The standard InChI is InChI=1S/C61H114O6/c1-4-7-10-13-16-19-22-25-27-29-31-33-36-39-42-45-48-51-54-60(63)66-57-58(56-65-59(62)53-50-47-44-41-38-35-24-21-18-15-12-9-6-3)67-61(64)55-52-49-46-43-40-37-34-32-30-28-26-23-20-17-14-11-8-5-2/h19,22,27,29,58H,4-18,20-21,23-26,28,30-57H2,1-3H3/b22-19-,29-27-. The van der Waals surface area contributed by atoms with E-state index in [-0.39, 0.29) is 31.1 Å². The van der Waals surface area contributed by atoms with Crippen molar-refractivity contribution in [3.8, 4) is 0 Å². The maximum atomic E-state index is 12.9. The molecule has 6 heteroatoms. The van der Waals surface area contributed by atoms with Gasteiger partial charge in [-0.15, -0.1) is 0 Å². The SMILES string of the molecule is CCCCCC/C=C\C/C=C\CCCCCCCCCC(=O)OCC(COC(=O)CCCCCCCCCCCCCCC)OC(=O)CCCCCCCCCCCCCCCCCCCC. The van der Waals surface area contributed by atoms with Crippen LogP contribution >= 0.6 is 0 Å². The van der Waals surface area contributed by atoms with Crippen molar-refractivity contribution in [2.45, 2.75) is 335 Å². The smallest absolute Gasteiger partial charge is 0.306 e. The van der Waals surface area contributed by atoms with Crippen LogP contribution in [-0.4, -0.2) is 37.2 Å². The summed E-state index contributed by atoms with van der Waals surface area (Å²) in [6.45, 7) is 6.67. The van der Waals surface area contributed by atoms with Gasteiger partial charge in [-0.2, -0.15) is 0 Å². The van der Waals surface area contributed by atoms with Crippen molar-refractivity contribution in [2.24, 2.45) is 0 Å². The van der Waals surface area contributed by atoms with Gasteiger partial charge in [-0.3, -0.25) is 14.4 Å². The predicted molar refractivity (Wildman–Crippen MR) is 289 cm³/mol. The highest BCUT2D eigenvalue weighted by atomic mass is 16.6. The van der Waals surface area contributed by atoms with Crippen LogP contribution in [0.2, 0.25) is 0 Å². The Labute approximate surface area is 417 Å². The first-order valence-electron chi connectivity index (χ1n) is 29.8. The summed E-state index contributed by atoms with van der Waals surface area (Å²) in [7, 11) is 0. The van der Waals surface area contributed by atoms with Crippen LogP contribution in [0.3, 0.4) is 0 Å². The van der Waals surface area contributed by atoms with Gasteiger partial charge in [0.05, 0.1) is 0 Å². The van der Waals surface area contributed by atoms with Crippen molar-refractivity contribution in [3.05, 3.63) is 24.3 Å². The summed E-state index contributed by atoms with van der Waals surface area (Å²) >= 11 is 0. The highest BCUT2D eigenvalue weighted by Gasteiger charge is 2.19. The fourth-order valence-electron chi connectivity index (χ4n) is 8.95. The van der Waals surface area contributed by atoms with Crippen molar-refractivity contribution in [3.63, 3.8) is 0 Å². The summed E-state index contributed by atoms with van der Waals surface area (Å²) in [6, 6.07) is 0. The Kier molecular flexibility index (Phi) is 54.7. The molecule has 6 nitrogen and oxygen atoms in total. The van der Waals surface area contributed by atoms with Gasteiger partial charge in [-0.1, -0.05) is 283 Å². The van der Waals surface area contributed by atoms with Gasteiger partial charge in [-0.25, -0.2) is 0 Å². The maximum absolute atomic E-state index is 12.9. The quantitative estimate of drug-likeness (QED) is 0.0262. The van der Waals surface area contributed by atoms with Crippen LogP contribution in [0, 0.1) is 0 Å². The van der Waals surface area contributed by atoms with Crippen LogP contribution in [0.5, 0.6) is 0 Å². The molecule has 0 amide bonds. The summed E-state index contributed by atoms with van der Waals surface area (Å²) in [6.07, 6.45) is 65.9. The summed E-state index contributed by atoms with van der Waals surface area (Å²) in [5.74, 6) is -0.852. The second kappa shape index (κ2) is 56.5. The van der Waals surface area contributed by atoms with Crippen molar-refractivity contribution in [1.29, 1.82) is 0 Å². The minimum absolute atomic E-state index is 0.0680. The first-order valence-corrected chi connectivity index (χ1v) is 29.8. The molecule has 0 aliphatic heterocycles. The van der Waals surface area contributed by atoms with Crippen LogP contribution in [0.1, 0.15) is 329 Å². The maximum Gasteiger partial charge on any atom is 0.306 e. The van der Waals surface area contributed by atoms with E-state index in [1.54, 1.807) is 0 Å². The number of ether oxygens (including phenoxy) is 3. The zero-order valence-electron chi connectivity index (χ0n) is 45.2. The third-order valence-electron chi connectivity index (χ3n) is 13.5. The fraction of sp³-hybridized carbons (Fsp3) is 0.885. The molecular weight excluding hydrogens is 829 g/mol. The Morgan fingerprint density at radius 1 is 0.299 bits per heavy atom. The topological polar surface area (TPSA) is 78.9 Å². The molecule has 394 valence electrons. The van der Waals surface area contributed by atoms with Crippen LogP contribution in [-0.2, 0) is 28.6 Å². The highest BCUT2D eigenvalue weighted by molar-refractivity contribution is 5.71. The first kappa shape index (κ1) is 64.9. The number of hydrogen-bond donors (Lipinski definition) is 0. The molecule has 0 N–H and O–H groups in total. The largest absolute Gasteiger partial charge is 0.462 e. The van der Waals surface area contributed by atoms with Gasteiger partial charge in [0.2, 0.25) is 0 Å². The highest BCUT2D eigenvalue weighted by Crippen LogP contribution is 2.17. The Bertz CT molecular complexity index is 1080. The summed E-state index contributed by atoms with van der Waals surface area (Å²) in [4.78, 5) is 38.2. The second-order valence-electron chi connectivity index (χ2n) is 20.3. The number of carbonyl (C=O) groups excluding carboxylic acids is 3. The van der Waals surface area contributed by atoms with Crippen LogP contribution in [0.4, 0.5) is 0 Å². The van der Waals surface area contributed by atoms with Crippen LogP contribution in [0.25, 0.3) is 0 Å². The van der Waals surface area contributed by atoms with E-state index in [0.29, 0.717) is 19.3 Å². The Morgan fingerprint density at radius 3 is 0.836 bits per heavy atom. The molecule has 0 radical (unpaired) electrons. The van der Waals surface area contributed by atoms with E-state index in [2.05, 4.69) is 45.1 Å². The van der Waals surface area contributed by atoms with Crippen LogP contribution in [0.15, 0.2) is 24.3 Å². The van der Waals surface area contributed by atoms with E-state index in [1.807, 2.05) is 0 Å². The van der Waals surface area contributed by atoms with Gasteiger partial charge in [-0.05, 0) is 51.4 Å². The molecule has 0 aromatic carbocycles. The second-order valence-corrected chi connectivity index (χ2v) is 20.3. The molecule has 67 heavy (non-hydrogen) atoms. The molecule has 0 rings (SSSR count). The molecule has 0 heterocycles. The number of allylic oxidation sites excluding steroid dienone is 4. The Morgan fingerprint density at radius 2 is 0.537 bits per heavy atom. The van der Waals surface area contributed by atoms with Crippen molar-refractivity contribution in [1.82, 2.24) is 0 Å². The zero-order chi connectivity index (χ0) is 48.6. The minimum atomic E-state index is -0.769. The average molecular weight is 944 g/mol. The van der Waals surface area contributed by atoms with Crippen molar-refractivity contribution in [2.75, 3.05) is 13.2 Å². The Hall–Kier alpha value is -2.11. The van der Waals surface area contributed by atoms with E-state index >= 15 is 0 Å². The van der Waals surface area contributed by atoms with Gasteiger partial charge in [0.15, 0.2) is 6.10 Å². The minimum Gasteiger partial charge on any atom is -0.462 e. The molecule has 0 aromatic heterocycles. The molecule has 0 spiro atoms. The summed E-state index contributed by atoms with van der Waals surface area (Å²) < 4.78 is 16.9. The average Bonchev–Trinajstić information content (AvgIpc) is 3.33. The molecule has 0 bridgehead atoms.